The Morgan fingerprint density at radius 1 is 1.38 bits per heavy atom. The van der Waals surface area contributed by atoms with Crippen LogP contribution in [-0.4, -0.2) is 44.2 Å². The molecule has 1 aliphatic heterocycles. The Bertz CT molecular complexity index is 247. The van der Waals surface area contributed by atoms with Gasteiger partial charge in [-0.25, -0.2) is 8.42 Å². The van der Waals surface area contributed by atoms with Crippen LogP contribution >= 0.6 is 0 Å². The van der Waals surface area contributed by atoms with Crippen molar-refractivity contribution in [2.45, 2.75) is 26.3 Å². The largest absolute Gasteiger partial charge is 0.313 e. The molecule has 78 valence electrons. The van der Waals surface area contributed by atoms with Gasteiger partial charge in [0.25, 0.3) is 0 Å². The van der Waals surface area contributed by atoms with Crippen LogP contribution < -0.4 is 5.32 Å². The monoisotopic (exact) mass is 206 g/mol. The molecule has 0 bridgehead atoms. The highest BCUT2D eigenvalue weighted by atomic mass is 32.2. The maximum atomic E-state index is 11.7. The number of sulfonamides is 1. The molecule has 0 atom stereocenters. The summed E-state index contributed by atoms with van der Waals surface area (Å²) in [4.78, 5) is 0. The number of nitrogens with one attached hydrogen (secondary N) is 1. The standard InChI is InChI=1S/C8H18N2O2S/c1-3-5-13(11,12)10(4-2)8-6-9-7-8/h8-9H,3-7H2,1-2H3. The summed E-state index contributed by atoms with van der Waals surface area (Å²) in [5.41, 5.74) is 0. The number of nitrogens with zero attached hydrogens (tertiary/aromatic N) is 1. The highest BCUT2D eigenvalue weighted by Gasteiger charge is 2.31. The summed E-state index contributed by atoms with van der Waals surface area (Å²) >= 11 is 0. The second-order valence-electron chi connectivity index (χ2n) is 3.33. The number of hydrogen-bond donors (Lipinski definition) is 1. The van der Waals surface area contributed by atoms with E-state index >= 15 is 0 Å². The summed E-state index contributed by atoms with van der Waals surface area (Å²) < 4.78 is 25.0. The van der Waals surface area contributed by atoms with Gasteiger partial charge >= 0.3 is 0 Å². The third kappa shape index (κ3) is 2.42. The molecule has 1 rings (SSSR count). The molecule has 1 fully saturated rings. The maximum Gasteiger partial charge on any atom is 0.214 e. The highest BCUT2D eigenvalue weighted by molar-refractivity contribution is 7.89. The van der Waals surface area contributed by atoms with E-state index in [1.54, 1.807) is 4.31 Å². The van der Waals surface area contributed by atoms with E-state index in [4.69, 9.17) is 0 Å². The van der Waals surface area contributed by atoms with Gasteiger partial charge < -0.3 is 5.32 Å². The van der Waals surface area contributed by atoms with Crippen LogP contribution in [0.5, 0.6) is 0 Å². The maximum absolute atomic E-state index is 11.7. The first-order valence-electron chi connectivity index (χ1n) is 4.82. The fourth-order valence-corrected chi connectivity index (χ4v) is 3.28. The Kier molecular flexibility index (Phi) is 3.70. The van der Waals surface area contributed by atoms with E-state index in [1.165, 1.54) is 0 Å². The quantitative estimate of drug-likeness (QED) is 0.690. The van der Waals surface area contributed by atoms with E-state index in [0.29, 0.717) is 13.0 Å². The molecule has 1 saturated heterocycles. The van der Waals surface area contributed by atoms with Gasteiger partial charge in [-0.3, -0.25) is 0 Å². The zero-order chi connectivity index (χ0) is 9.90. The minimum Gasteiger partial charge on any atom is -0.313 e. The lowest BCUT2D eigenvalue weighted by Gasteiger charge is -2.36. The topological polar surface area (TPSA) is 49.4 Å². The average molecular weight is 206 g/mol. The molecule has 1 heterocycles. The van der Waals surface area contributed by atoms with E-state index in [1.807, 2.05) is 13.8 Å². The van der Waals surface area contributed by atoms with Gasteiger partial charge in [-0.05, 0) is 6.42 Å². The third-order valence-electron chi connectivity index (χ3n) is 2.30. The number of likely N-dealkylation sites (N-methyl/N-ethyl adjacent to an activating group) is 1. The van der Waals surface area contributed by atoms with Crippen molar-refractivity contribution in [1.82, 2.24) is 9.62 Å². The Morgan fingerprint density at radius 3 is 2.31 bits per heavy atom. The zero-order valence-electron chi connectivity index (χ0n) is 8.28. The molecule has 0 aliphatic carbocycles. The summed E-state index contributed by atoms with van der Waals surface area (Å²) in [7, 11) is -2.99. The normalized spacial score (nSPS) is 19.0. The molecular formula is C8H18N2O2S. The van der Waals surface area contributed by atoms with E-state index in [9.17, 15) is 8.42 Å². The molecule has 5 heteroatoms. The molecule has 4 nitrogen and oxygen atoms in total. The molecule has 0 spiro atoms. The van der Waals surface area contributed by atoms with Crippen molar-refractivity contribution in [2.75, 3.05) is 25.4 Å². The molecule has 0 aromatic carbocycles. The predicted octanol–water partition coefficient (Wildman–Crippen LogP) is 0.0199. The lowest BCUT2D eigenvalue weighted by Crippen LogP contribution is -2.59. The molecule has 13 heavy (non-hydrogen) atoms. The first-order valence-corrected chi connectivity index (χ1v) is 6.43. The van der Waals surface area contributed by atoms with Crippen LogP contribution in [0, 0.1) is 0 Å². The van der Waals surface area contributed by atoms with Gasteiger partial charge in [-0.1, -0.05) is 13.8 Å². The summed E-state index contributed by atoms with van der Waals surface area (Å²) in [6.07, 6.45) is 0.693. The van der Waals surface area contributed by atoms with Crippen LogP contribution in [0.3, 0.4) is 0 Å². The fraction of sp³-hybridized carbons (Fsp3) is 1.00. The summed E-state index contributed by atoms with van der Waals surface area (Å²) in [5, 5.41) is 3.08. The molecule has 0 radical (unpaired) electrons. The van der Waals surface area contributed by atoms with Crippen LogP contribution in [0.1, 0.15) is 20.3 Å². The molecule has 1 N–H and O–H groups in total. The van der Waals surface area contributed by atoms with Gasteiger partial charge in [0, 0.05) is 25.7 Å². The van der Waals surface area contributed by atoms with Gasteiger partial charge in [0.1, 0.15) is 0 Å². The summed E-state index contributed by atoms with van der Waals surface area (Å²) in [5.74, 6) is 0.275. The van der Waals surface area contributed by atoms with Crippen molar-refractivity contribution in [1.29, 1.82) is 0 Å². The molecule has 0 saturated carbocycles. The van der Waals surface area contributed by atoms with Crippen LogP contribution in [0.25, 0.3) is 0 Å². The fourth-order valence-electron chi connectivity index (χ4n) is 1.53. The second kappa shape index (κ2) is 4.39. The van der Waals surface area contributed by atoms with Gasteiger partial charge in [0.05, 0.1) is 5.75 Å². The molecule has 0 amide bonds. The lowest BCUT2D eigenvalue weighted by molar-refractivity contribution is 0.249. The van der Waals surface area contributed by atoms with E-state index < -0.39 is 10.0 Å². The summed E-state index contributed by atoms with van der Waals surface area (Å²) in [6.45, 7) is 5.98. The number of rotatable bonds is 5. The molecule has 1 aliphatic rings. The molecular weight excluding hydrogens is 188 g/mol. The average Bonchev–Trinajstić information content (AvgIpc) is 1.95. The van der Waals surface area contributed by atoms with Gasteiger partial charge in [-0.15, -0.1) is 0 Å². The van der Waals surface area contributed by atoms with Gasteiger partial charge in [0.2, 0.25) is 10.0 Å². The SMILES string of the molecule is CCCS(=O)(=O)N(CC)C1CNC1. The smallest absolute Gasteiger partial charge is 0.214 e. The van der Waals surface area contributed by atoms with Crippen LogP contribution in [-0.2, 0) is 10.0 Å². The van der Waals surface area contributed by atoms with E-state index in [-0.39, 0.29) is 11.8 Å². The number of hydrogen-bond acceptors (Lipinski definition) is 3. The Morgan fingerprint density at radius 2 is 2.00 bits per heavy atom. The first kappa shape index (κ1) is 10.9. The minimum atomic E-state index is -2.99. The van der Waals surface area contributed by atoms with E-state index in [2.05, 4.69) is 5.32 Å². The van der Waals surface area contributed by atoms with Crippen LogP contribution in [0.4, 0.5) is 0 Å². The Balaban J connectivity index is 2.63. The Labute approximate surface area is 80.4 Å². The molecule has 0 unspecified atom stereocenters. The van der Waals surface area contributed by atoms with Gasteiger partial charge in [0.15, 0.2) is 0 Å². The second-order valence-corrected chi connectivity index (χ2v) is 5.37. The van der Waals surface area contributed by atoms with Crippen molar-refractivity contribution < 1.29 is 8.42 Å². The minimum absolute atomic E-state index is 0.196. The van der Waals surface area contributed by atoms with Gasteiger partial charge in [-0.2, -0.15) is 4.31 Å². The van der Waals surface area contributed by atoms with Crippen molar-refractivity contribution in [3.8, 4) is 0 Å². The van der Waals surface area contributed by atoms with Crippen LogP contribution in [0.15, 0.2) is 0 Å². The van der Waals surface area contributed by atoms with Crippen molar-refractivity contribution in [3.05, 3.63) is 0 Å². The van der Waals surface area contributed by atoms with Crippen molar-refractivity contribution in [2.24, 2.45) is 0 Å². The van der Waals surface area contributed by atoms with Crippen molar-refractivity contribution in [3.63, 3.8) is 0 Å². The zero-order valence-corrected chi connectivity index (χ0v) is 9.10. The van der Waals surface area contributed by atoms with Crippen LogP contribution in [0.2, 0.25) is 0 Å². The highest BCUT2D eigenvalue weighted by Crippen LogP contribution is 2.11. The van der Waals surface area contributed by atoms with Crippen molar-refractivity contribution >= 4 is 10.0 Å². The lowest BCUT2D eigenvalue weighted by atomic mass is 10.2. The third-order valence-corrected chi connectivity index (χ3v) is 4.49. The first-order chi connectivity index (χ1) is 6.11. The molecule has 0 aromatic heterocycles. The predicted molar refractivity (Wildman–Crippen MR) is 53.1 cm³/mol. The molecule has 0 aromatic rings. The van der Waals surface area contributed by atoms with E-state index in [0.717, 1.165) is 13.1 Å². The summed E-state index contributed by atoms with van der Waals surface area (Å²) in [6, 6.07) is 0.196. The Hall–Kier alpha value is -0.130.